The number of benzene rings is 2. The molecule has 4 rings (SSSR count). The quantitative estimate of drug-likeness (QED) is 0.582. The van der Waals surface area contributed by atoms with Crippen LogP contribution in [-0.4, -0.2) is 46.5 Å². The fraction of sp³-hybridized carbons (Fsp3) is 0.240. The van der Waals surface area contributed by atoms with E-state index in [1.807, 2.05) is 78.6 Å². The minimum atomic E-state index is 0.0298. The highest BCUT2D eigenvalue weighted by atomic mass is 16.5. The lowest BCUT2D eigenvalue weighted by Crippen LogP contribution is -2.54. The first-order chi connectivity index (χ1) is 15.1. The second-order valence-electron chi connectivity index (χ2n) is 7.70. The number of anilines is 1. The molecule has 1 unspecified atom stereocenters. The first-order valence-electron chi connectivity index (χ1n) is 10.4. The fourth-order valence-corrected chi connectivity index (χ4v) is 3.68. The zero-order valence-corrected chi connectivity index (χ0v) is 17.8. The number of carbonyl (C=O) groups excluding carboxylic acids is 1. The molecule has 158 valence electrons. The SMILES string of the molecule is Cc1cccc(Oc2cc(N3CCN(C(=O)/C=C/c4ccccc4)C(C)C3)ncn2)c1. The molecule has 3 aromatic rings. The summed E-state index contributed by atoms with van der Waals surface area (Å²) in [7, 11) is 0. The van der Waals surface area contributed by atoms with Gasteiger partial charge in [-0.3, -0.25) is 4.79 Å². The van der Waals surface area contributed by atoms with Crippen molar-refractivity contribution in [1.29, 1.82) is 0 Å². The number of piperazine rings is 1. The van der Waals surface area contributed by atoms with Crippen LogP contribution >= 0.6 is 0 Å². The zero-order chi connectivity index (χ0) is 21.6. The summed E-state index contributed by atoms with van der Waals surface area (Å²) in [6.45, 7) is 6.13. The van der Waals surface area contributed by atoms with E-state index in [4.69, 9.17) is 4.74 Å². The van der Waals surface area contributed by atoms with Gasteiger partial charge in [-0.1, -0.05) is 42.5 Å². The Balaban J connectivity index is 1.39. The van der Waals surface area contributed by atoms with E-state index >= 15 is 0 Å². The number of aromatic nitrogens is 2. The molecule has 31 heavy (non-hydrogen) atoms. The Morgan fingerprint density at radius 3 is 2.68 bits per heavy atom. The van der Waals surface area contributed by atoms with E-state index in [1.165, 1.54) is 6.33 Å². The molecule has 1 amide bonds. The minimum Gasteiger partial charge on any atom is -0.439 e. The van der Waals surface area contributed by atoms with Crippen molar-refractivity contribution in [3.63, 3.8) is 0 Å². The van der Waals surface area contributed by atoms with Crippen LogP contribution in [0.15, 0.2) is 73.1 Å². The number of carbonyl (C=O) groups is 1. The number of hydrogen-bond acceptors (Lipinski definition) is 5. The summed E-state index contributed by atoms with van der Waals surface area (Å²) < 4.78 is 5.90. The Labute approximate surface area is 182 Å². The Morgan fingerprint density at radius 1 is 1.06 bits per heavy atom. The Kier molecular flexibility index (Phi) is 6.26. The second kappa shape index (κ2) is 9.43. The number of aryl methyl sites for hydroxylation is 1. The smallest absolute Gasteiger partial charge is 0.246 e. The van der Waals surface area contributed by atoms with Gasteiger partial charge in [-0.15, -0.1) is 0 Å². The van der Waals surface area contributed by atoms with Crippen molar-refractivity contribution >= 4 is 17.8 Å². The van der Waals surface area contributed by atoms with Crippen LogP contribution in [0.3, 0.4) is 0 Å². The van der Waals surface area contributed by atoms with Gasteiger partial charge in [-0.05, 0) is 43.2 Å². The molecule has 1 saturated heterocycles. The molecule has 6 heteroatoms. The fourth-order valence-electron chi connectivity index (χ4n) is 3.68. The van der Waals surface area contributed by atoms with Crippen molar-refractivity contribution in [3.05, 3.63) is 84.2 Å². The van der Waals surface area contributed by atoms with Gasteiger partial charge in [0.2, 0.25) is 11.8 Å². The van der Waals surface area contributed by atoms with E-state index in [2.05, 4.69) is 21.8 Å². The predicted octanol–water partition coefficient (Wildman–Crippen LogP) is 4.33. The molecule has 0 aliphatic carbocycles. The van der Waals surface area contributed by atoms with Gasteiger partial charge in [-0.2, -0.15) is 0 Å². The van der Waals surface area contributed by atoms with Crippen LogP contribution in [0.25, 0.3) is 6.08 Å². The first kappa shape index (κ1) is 20.6. The summed E-state index contributed by atoms with van der Waals surface area (Å²) in [6.07, 6.45) is 5.03. The van der Waals surface area contributed by atoms with Crippen LogP contribution in [0.1, 0.15) is 18.1 Å². The normalized spacial score (nSPS) is 16.5. The highest BCUT2D eigenvalue weighted by Gasteiger charge is 2.27. The molecule has 0 spiro atoms. The number of hydrogen-bond donors (Lipinski definition) is 0. The molecule has 0 radical (unpaired) electrons. The Hall–Kier alpha value is -3.67. The molecule has 1 aliphatic heterocycles. The van der Waals surface area contributed by atoms with Crippen molar-refractivity contribution in [2.24, 2.45) is 0 Å². The monoisotopic (exact) mass is 414 g/mol. The number of nitrogens with zero attached hydrogens (tertiary/aromatic N) is 4. The molecule has 0 N–H and O–H groups in total. The van der Waals surface area contributed by atoms with Gasteiger partial charge in [0.1, 0.15) is 17.9 Å². The predicted molar refractivity (Wildman–Crippen MR) is 122 cm³/mol. The van der Waals surface area contributed by atoms with Gasteiger partial charge < -0.3 is 14.5 Å². The van der Waals surface area contributed by atoms with Crippen LogP contribution in [0.4, 0.5) is 5.82 Å². The lowest BCUT2D eigenvalue weighted by atomic mass is 10.1. The molecule has 1 aliphatic rings. The van der Waals surface area contributed by atoms with Crippen molar-refractivity contribution in [3.8, 4) is 11.6 Å². The number of amides is 1. The average Bonchev–Trinajstić information content (AvgIpc) is 2.78. The topological polar surface area (TPSA) is 58.6 Å². The average molecular weight is 415 g/mol. The van der Waals surface area contributed by atoms with Gasteiger partial charge >= 0.3 is 0 Å². The van der Waals surface area contributed by atoms with E-state index in [0.29, 0.717) is 25.5 Å². The van der Waals surface area contributed by atoms with Crippen molar-refractivity contribution in [2.45, 2.75) is 19.9 Å². The van der Waals surface area contributed by atoms with E-state index in [9.17, 15) is 4.79 Å². The molecule has 2 aromatic carbocycles. The second-order valence-corrected chi connectivity index (χ2v) is 7.70. The van der Waals surface area contributed by atoms with Crippen LogP contribution in [0, 0.1) is 6.92 Å². The van der Waals surface area contributed by atoms with Crippen molar-refractivity contribution in [1.82, 2.24) is 14.9 Å². The minimum absolute atomic E-state index is 0.0298. The summed E-state index contributed by atoms with van der Waals surface area (Å²) in [6, 6.07) is 19.6. The number of ether oxygens (including phenoxy) is 1. The highest BCUT2D eigenvalue weighted by Crippen LogP contribution is 2.24. The molecular formula is C25H26N4O2. The molecule has 2 heterocycles. The van der Waals surface area contributed by atoms with Crippen molar-refractivity contribution < 1.29 is 9.53 Å². The van der Waals surface area contributed by atoms with E-state index in [1.54, 1.807) is 6.08 Å². The van der Waals surface area contributed by atoms with Crippen LogP contribution in [0.5, 0.6) is 11.6 Å². The first-order valence-corrected chi connectivity index (χ1v) is 10.4. The Morgan fingerprint density at radius 2 is 1.90 bits per heavy atom. The molecular weight excluding hydrogens is 388 g/mol. The molecule has 0 saturated carbocycles. The maximum atomic E-state index is 12.7. The summed E-state index contributed by atoms with van der Waals surface area (Å²) in [5, 5.41) is 0. The lowest BCUT2D eigenvalue weighted by Gasteiger charge is -2.40. The maximum Gasteiger partial charge on any atom is 0.246 e. The third-order valence-corrected chi connectivity index (χ3v) is 5.29. The number of rotatable bonds is 5. The van der Waals surface area contributed by atoms with E-state index in [-0.39, 0.29) is 11.9 Å². The van der Waals surface area contributed by atoms with E-state index < -0.39 is 0 Å². The summed E-state index contributed by atoms with van der Waals surface area (Å²) in [5.74, 6) is 2.09. The third kappa shape index (κ3) is 5.28. The zero-order valence-electron chi connectivity index (χ0n) is 17.8. The van der Waals surface area contributed by atoms with Gasteiger partial charge in [0.15, 0.2) is 0 Å². The summed E-state index contributed by atoms with van der Waals surface area (Å²) >= 11 is 0. The van der Waals surface area contributed by atoms with Gasteiger partial charge in [0, 0.05) is 37.8 Å². The van der Waals surface area contributed by atoms with Gasteiger partial charge in [0.25, 0.3) is 0 Å². The van der Waals surface area contributed by atoms with Crippen molar-refractivity contribution in [2.75, 3.05) is 24.5 Å². The highest BCUT2D eigenvalue weighted by molar-refractivity contribution is 5.92. The molecule has 6 nitrogen and oxygen atoms in total. The summed E-state index contributed by atoms with van der Waals surface area (Å²) in [4.78, 5) is 25.4. The van der Waals surface area contributed by atoms with Crippen LogP contribution in [0.2, 0.25) is 0 Å². The third-order valence-electron chi connectivity index (χ3n) is 5.29. The maximum absolute atomic E-state index is 12.7. The Bertz CT molecular complexity index is 1070. The largest absolute Gasteiger partial charge is 0.439 e. The lowest BCUT2D eigenvalue weighted by molar-refractivity contribution is -0.128. The van der Waals surface area contributed by atoms with E-state index in [0.717, 1.165) is 22.7 Å². The van der Waals surface area contributed by atoms with Crippen LogP contribution in [-0.2, 0) is 4.79 Å². The molecule has 1 fully saturated rings. The van der Waals surface area contributed by atoms with Gasteiger partial charge in [0.05, 0.1) is 0 Å². The standard InChI is InChI=1S/C25H26N4O2/c1-19-7-6-10-22(15-19)31-24-16-23(26-18-27-24)28-13-14-29(20(2)17-28)25(30)12-11-21-8-4-3-5-9-21/h3-12,15-16,18,20H,13-14,17H2,1-2H3/b12-11+. The summed E-state index contributed by atoms with van der Waals surface area (Å²) in [5.41, 5.74) is 2.15. The molecule has 0 bridgehead atoms. The molecule has 1 atom stereocenters. The molecule has 1 aromatic heterocycles. The van der Waals surface area contributed by atoms with Crippen LogP contribution < -0.4 is 9.64 Å². The van der Waals surface area contributed by atoms with Gasteiger partial charge in [-0.25, -0.2) is 9.97 Å².